The highest BCUT2D eigenvalue weighted by atomic mass is 19.1. The number of rotatable bonds is 2. The molecular weight excluding hydrogens is 228 g/mol. The highest BCUT2D eigenvalue weighted by Crippen LogP contribution is 2.19. The Morgan fingerprint density at radius 3 is 2.12 bits per heavy atom. The Balaban J connectivity index is 3.10. The molecule has 0 atom stereocenters. The normalized spacial score (nSPS) is 11.4. The lowest BCUT2D eigenvalue weighted by atomic mass is 10.1. The summed E-state index contributed by atoms with van der Waals surface area (Å²) in [5, 5.41) is 0. The second-order valence-electron chi connectivity index (χ2n) is 4.64. The standard InChI is InChI=1S/C12H15F2NO2/c1-12(2,3)17-11(16)10-8(13)4-7(6-15)5-9(10)14/h4-5H,6,15H2,1-3H3. The Hall–Kier alpha value is -1.49. The zero-order chi connectivity index (χ0) is 13.2. The topological polar surface area (TPSA) is 52.3 Å². The molecule has 0 bridgehead atoms. The van der Waals surface area contributed by atoms with Crippen LogP contribution in [0, 0.1) is 11.6 Å². The average molecular weight is 243 g/mol. The van der Waals surface area contributed by atoms with E-state index in [0.717, 1.165) is 12.1 Å². The summed E-state index contributed by atoms with van der Waals surface area (Å²) in [7, 11) is 0. The predicted molar refractivity (Wildman–Crippen MR) is 59.4 cm³/mol. The van der Waals surface area contributed by atoms with E-state index < -0.39 is 28.8 Å². The molecule has 0 aliphatic heterocycles. The van der Waals surface area contributed by atoms with Crippen LogP contribution in [0.3, 0.4) is 0 Å². The highest BCUT2D eigenvalue weighted by Gasteiger charge is 2.24. The van der Waals surface area contributed by atoms with E-state index in [2.05, 4.69) is 0 Å². The van der Waals surface area contributed by atoms with Crippen molar-refractivity contribution in [1.82, 2.24) is 0 Å². The number of hydrogen-bond donors (Lipinski definition) is 1. The molecule has 1 aromatic carbocycles. The third kappa shape index (κ3) is 3.49. The summed E-state index contributed by atoms with van der Waals surface area (Å²) in [5.74, 6) is -2.93. The summed E-state index contributed by atoms with van der Waals surface area (Å²) in [6.07, 6.45) is 0. The summed E-state index contributed by atoms with van der Waals surface area (Å²) in [4.78, 5) is 11.6. The van der Waals surface area contributed by atoms with Gasteiger partial charge < -0.3 is 10.5 Å². The van der Waals surface area contributed by atoms with Crippen LogP contribution in [0.4, 0.5) is 8.78 Å². The molecule has 0 saturated carbocycles. The average Bonchev–Trinajstić information content (AvgIpc) is 2.13. The van der Waals surface area contributed by atoms with Gasteiger partial charge in [-0.15, -0.1) is 0 Å². The summed E-state index contributed by atoms with van der Waals surface area (Å²) >= 11 is 0. The molecule has 0 heterocycles. The first-order valence-corrected chi connectivity index (χ1v) is 5.16. The van der Waals surface area contributed by atoms with E-state index in [1.807, 2.05) is 0 Å². The number of carbonyl (C=O) groups is 1. The van der Waals surface area contributed by atoms with Gasteiger partial charge in [-0.1, -0.05) is 0 Å². The van der Waals surface area contributed by atoms with Gasteiger partial charge in [0.05, 0.1) is 0 Å². The molecule has 0 radical (unpaired) electrons. The molecule has 0 spiro atoms. The molecular formula is C12H15F2NO2. The van der Waals surface area contributed by atoms with Gasteiger partial charge in [0.15, 0.2) is 0 Å². The van der Waals surface area contributed by atoms with Gasteiger partial charge in [-0.25, -0.2) is 13.6 Å². The fourth-order valence-corrected chi connectivity index (χ4v) is 1.27. The molecule has 0 aromatic heterocycles. The molecule has 17 heavy (non-hydrogen) atoms. The van der Waals surface area contributed by atoms with Gasteiger partial charge in [-0.05, 0) is 38.5 Å². The molecule has 1 aromatic rings. The smallest absolute Gasteiger partial charge is 0.344 e. The number of nitrogens with two attached hydrogens (primary N) is 1. The zero-order valence-corrected chi connectivity index (χ0v) is 10.0. The monoisotopic (exact) mass is 243 g/mol. The molecule has 0 amide bonds. The van der Waals surface area contributed by atoms with Gasteiger partial charge in [0.2, 0.25) is 0 Å². The molecule has 2 N–H and O–H groups in total. The molecule has 1 rings (SSSR count). The second kappa shape index (κ2) is 4.79. The molecule has 0 fully saturated rings. The quantitative estimate of drug-likeness (QED) is 0.811. The van der Waals surface area contributed by atoms with E-state index in [9.17, 15) is 13.6 Å². The van der Waals surface area contributed by atoms with Crippen molar-refractivity contribution in [2.24, 2.45) is 5.73 Å². The van der Waals surface area contributed by atoms with E-state index in [4.69, 9.17) is 10.5 Å². The van der Waals surface area contributed by atoms with Crippen molar-refractivity contribution in [1.29, 1.82) is 0 Å². The highest BCUT2D eigenvalue weighted by molar-refractivity contribution is 5.90. The number of benzene rings is 1. The molecule has 0 saturated heterocycles. The third-order valence-electron chi connectivity index (χ3n) is 1.94. The Morgan fingerprint density at radius 2 is 1.76 bits per heavy atom. The number of ether oxygens (including phenoxy) is 1. The van der Waals surface area contributed by atoms with Gasteiger partial charge in [0, 0.05) is 6.54 Å². The van der Waals surface area contributed by atoms with Gasteiger partial charge in [0.1, 0.15) is 22.8 Å². The van der Waals surface area contributed by atoms with Crippen molar-refractivity contribution >= 4 is 5.97 Å². The number of hydrogen-bond acceptors (Lipinski definition) is 3. The van der Waals surface area contributed by atoms with Crippen LogP contribution in [-0.4, -0.2) is 11.6 Å². The van der Waals surface area contributed by atoms with Crippen LogP contribution in [0.1, 0.15) is 36.7 Å². The van der Waals surface area contributed by atoms with E-state index in [1.165, 1.54) is 0 Å². The number of esters is 1. The third-order valence-corrected chi connectivity index (χ3v) is 1.94. The lowest BCUT2D eigenvalue weighted by Gasteiger charge is -2.20. The van der Waals surface area contributed by atoms with Crippen molar-refractivity contribution < 1.29 is 18.3 Å². The number of carbonyl (C=O) groups excluding carboxylic acids is 1. The summed E-state index contributed by atoms with van der Waals surface area (Å²) in [6, 6.07) is 2.06. The van der Waals surface area contributed by atoms with Crippen LogP contribution in [-0.2, 0) is 11.3 Å². The zero-order valence-electron chi connectivity index (χ0n) is 10.0. The summed E-state index contributed by atoms with van der Waals surface area (Å²) in [6.45, 7) is 4.86. The lowest BCUT2D eigenvalue weighted by Crippen LogP contribution is -2.25. The summed E-state index contributed by atoms with van der Waals surface area (Å²) in [5.41, 5.74) is 4.06. The van der Waals surface area contributed by atoms with Crippen LogP contribution in [0.25, 0.3) is 0 Å². The Labute approximate surface area is 98.6 Å². The molecule has 94 valence electrons. The molecule has 0 aliphatic rings. The van der Waals surface area contributed by atoms with Gasteiger partial charge in [0.25, 0.3) is 0 Å². The van der Waals surface area contributed by atoms with E-state index >= 15 is 0 Å². The molecule has 0 unspecified atom stereocenters. The minimum Gasteiger partial charge on any atom is -0.456 e. The summed E-state index contributed by atoms with van der Waals surface area (Å²) < 4.78 is 32.0. The molecule has 3 nitrogen and oxygen atoms in total. The largest absolute Gasteiger partial charge is 0.456 e. The van der Waals surface area contributed by atoms with E-state index in [0.29, 0.717) is 0 Å². The van der Waals surface area contributed by atoms with Crippen LogP contribution in [0.15, 0.2) is 12.1 Å². The minimum atomic E-state index is -1.02. The van der Waals surface area contributed by atoms with E-state index in [1.54, 1.807) is 20.8 Å². The Bertz CT molecular complexity index is 416. The van der Waals surface area contributed by atoms with Crippen LogP contribution < -0.4 is 5.73 Å². The second-order valence-corrected chi connectivity index (χ2v) is 4.64. The van der Waals surface area contributed by atoms with Gasteiger partial charge in [-0.2, -0.15) is 0 Å². The van der Waals surface area contributed by atoms with E-state index in [-0.39, 0.29) is 12.1 Å². The van der Waals surface area contributed by atoms with Crippen molar-refractivity contribution in [3.05, 3.63) is 34.9 Å². The lowest BCUT2D eigenvalue weighted by molar-refractivity contribution is 0.00595. The van der Waals surface area contributed by atoms with Crippen molar-refractivity contribution in [3.8, 4) is 0 Å². The fourth-order valence-electron chi connectivity index (χ4n) is 1.27. The van der Waals surface area contributed by atoms with Gasteiger partial charge >= 0.3 is 5.97 Å². The SMILES string of the molecule is CC(C)(C)OC(=O)c1c(F)cc(CN)cc1F. The Morgan fingerprint density at radius 1 is 1.29 bits per heavy atom. The first-order chi connectivity index (χ1) is 7.74. The maximum absolute atomic E-state index is 13.5. The van der Waals surface area contributed by atoms with Gasteiger partial charge in [-0.3, -0.25) is 0 Å². The maximum atomic E-state index is 13.5. The Kier molecular flexibility index (Phi) is 3.83. The predicted octanol–water partition coefficient (Wildman–Crippen LogP) is 2.38. The minimum absolute atomic E-state index is 0.00242. The van der Waals surface area contributed by atoms with Crippen molar-refractivity contribution in [3.63, 3.8) is 0 Å². The molecule has 0 aliphatic carbocycles. The maximum Gasteiger partial charge on any atom is 0.344 e. The molecule has 5 heteroatoms. The first kappa shape index (κ1) is 13.6. The van der Waals surface area contributed by atoms with Crippen LogP contribution >= 0.6 is 0 Å². The van der Waals surface area contributed by atoms with Crippen molar-refractivity contribution in [2.45, 2.75) is 32.9 Å². The van der Waals surface area contributed by atoms with Crippen LogP contribution in [0.2, 0.25) is 0 Å². The van der Waals surface area contributed by atoms with Crippen LogP contribution in [0.5, 0.6) is 0 Å². The number of halogens is 2. The fraction of sp³-hybridized carbons (Fsp3) is 0.417. The first-order valence-electron chi connectivity index (χ1n) is 5.16. The van der Waals surface area contributed by atoms with Crippen molar-refractivity contribution in [2.75, 3.05) is 0 Å².